The van der Waals surface area contributed by atoms with E-state index in [-0.39, 0.29) is 42.8 Å². The normalized spacial score (nSPS) is 56.6. The highest BCUT2D eigenvalue weighted by Crippen LogP contribution is 2.71. The van der Waals surface area contributed by atoms with Crippen molar-refractivity contribution in [3.8, 4) is 0 Å². The van der Waals surface area contributed by atoms with Gasteiger partial charge in [0.25, 0.3) is 0 Å². The molecule has 0 amide bonds. The summed E-state index contributed by atoms with van der Waals surface area (Å²) in [5.41, 5.74) is -6.89. The number of hydrogen-bond donors (Lipinski definition) is 7. The van der Waals surface area contributed by atoms with Gasteiger partial charge in [0, 0.05) is 34.2 Å². The number of ether oxygens (including phenoxy) is 9. The van der Waals surface area contributed by atoms with E-state index in [2.05, 4.69) is 6.92 Å². The van der Waals surface area contributed by atoms with E-state index in [0.717, 1.165) is 12.8 Å². The molecule has 4 saturated carbocycles. The van der Waals surface area contributed by atoms with Gasteiger partial charge >= 0.3 is 0 Å². The number of aliphatic hydroxyl groups is 7. The zero-order valence-electron chi connectivity index (χ0n) is 35.8. The minimum absolute atomic E-state index is 0.0916. The second kappa shape index (κ2) is 16.5. The first-order valence-electron chi connectivity index (χ1n) is 21.6. The van der Waals surface area contributed by atoms with Gasteiger partial charge in [-0.25, -0.2) is 0 Å². The summed E-state index contributed by atoms with van der Waals surface area (Å²) < 4.78 is 55.2. The van der Waals surface area contributed by atoms with E-state index in [4.69, 9.17) is 42.6 Å². The van der Waals surface area contributed by atoms with Crippen molar-refractivity contribution in [1.29, 1.82) is 0 Å². The molecule has 16 nitrogen and oxygen atoms in total. The molecule has 0 aromatic heterocycles. The van der Waals surface area contributed by atoms with Gasteiger partial charge in [0.15, 0.2) is 18.9 Å². The van der Waals surface area contributed by atoms with E-state index in [0.29, 0.717) is 32.1 Å². The van der Waals surface area contributed by atoms with Crippen LogP contribution in [0, 0.1) is 22.7 Å². The van der Waals surface area contributed by atoms with E-state index in [1.54, 1.807) is 28.1 Å². The molecule has 7 N–H and O–H groups in total. The Morgan fingerprint density at radius 1 is 0.638 bits per heavy atom. The van der Waals surface area contributed by atoms with E-state index in [9.17, 15) is 35.7 Å². The zero-order chi connectivity index (χ0) is 42.3. The average molecular weight is 833 g/mol. The van der Waals surface area contributed by atoms with Crippen LogP contribution in [0.25, 0.3) is 0 Å². The van der Waals surface area contributed by atoms with Gasteiger partial charge in [-0.1, -0.05) is 13.8 Å². The Bertz CT molecular complexity index is 1420. The van der Waals surface area contributed by atoms with Gasteiger partial charge in [0.2, 0.25) is 0 Å². The van der Waals surface area contributed by atoms with Crippen LogP contribution in [0.3, 0.4) is 0 Å². The van der Waals surface area contributed by atoms with E-state index in [1.807, 2.05) is 13.8 Å². The van der Waals surface area contributed by atoms with Crippen molar-refractivity contribution in [2.24, 2.45) is 22.7 Å². The highest BCUT2D eigenvalue weighted by molar-refractivity contribution is 5.30. The second-order valence-electron chi connectivity index (χ2n) is 19.3. The Morgan fingerprint density at radius 3 is 1.83 bits per heavy atom. The van der Waals surface area contributed by atoms with Crippen molar-refractivity contribution in [3.63, 3.8) is 0 Å². The fourth-order valence-corrected chi connectivity index (χ4v) is 13.0. The smallest absolute Gasteiger partial charge is 0.187 e. The van der Waals surface area contributed by atoms with E-state index >= 15 is 0 Å². The molecule has 3 heterocycles. The van der Waals surface area contributed by atoms with Crippen LogP contribution in [-0.4, -0.2) is 172 Å². The molecule has 7 fully saturated rings. The summed E-state index contributed by atoms with van der Waals surface area (Å²) in [6.45, 7) is 10.8. The number of aliphatic hydroxyl groups excluding tert-OH is 4. The second-order valence-corrected chi connectivity index (χ2v) is 19.3. The third-order valence-corrected chi connectivity index (χ3v) is 16.7. The van der Waals surface area contributed by atoms with Crippen LogP contribution in [0.5, 0.6) is 0 Å². The molecule has 7 aliphatic rings. The molecule has 0 spiro atoms. The number of hydrogen-bond acceptors (Lipinski definition) is 16. The molecule has 4 aliphatic carbocycles. The predicted octanol–water partition coefficient (Wildman–Crippen LogP) is 1.28. The van der Waals surface area contributed by atoms with E-state index in [1.165, 1.54) is 14.0 Å². The van der Waals surface area contributed by atoms with Crippen molar-refractivity contribution in [3.05, 3.63) is 0 Å². The van der Waals surface area contributed by atoms with Crippen molar-refractivity contribution in [2.75, 3.05) is 21.3 Å². The van der Waals surface area contributed by atoms with Gasteiger partial charge in [-0.3, -0.25) is 0 Å². The highest BCUT2D eigenvalue weighted by atomic mass is 16.8. The van der Waals surface area contributed by atoms with Crippen LogP contribution in [0.15, 0.2) is 0 Å². The number of fused-ring (bicyclic) bond motifs is 5. The monoisotopic (exact) mass is 832 g/mol. The lowest BCUT2D eigenvalue weighted by atomic mass is 9.40. The molecule has 23 atom stereocenters. The summed E-state index contributed by atoms with van der Waals surface area (Å²) in [5, 5.41) is 80.3. The average Bonchev–Trinajstić information content (AvgIpc) is 3.41. The molecular weight excluding hydrogens is 760 g/mol. The highest BCUT2D eigenvalue weighted by Gasteiger charge is 2.80. The van der Waals surface area contributed by atoms with Crippen molar-refractivity contribution in [1.82, 2.24) is 0 Å². The first-order valence-corrected chi connectivity index (χ1v) is 21.6. The lowest BCUT2D eigenvalue weighted by Gasteiger charge is -2.69. The van der Waals surface area contributed by atoms with Gasteiger partial charge in [-0.15, -0.1) is 0 Å². The van der Waals surface area contributed by atoms with Crippen LogP contribution in [0.2, 0.25) is 0 Å². The Balaban J connectivity index is 0.952. The quantitative estimate of drug-likeness (QED) is 0.154. The minimum atomic E-state index is -1.76. The molecule has 0 aromatic rings. The summed E-state index contributed by atoms with van der Waals surface area (Å²) in [6.07, 6.45) is -6.94. The summed E-state index contributed by atoms with van der Waals surface area (Å²) in [7, 11) is 4.64. The van der Waals surface area contributed by atoms with Gasteiger partial charge in [0.1, 0.15) is 41.7 Å². The lowest BCUT2D eigenvalue weighted by Crippen LogP contribution is -2.79. The Hall–Kier alpha value is -0.640. The molecule has 11 unspecified atom stereocenters. The molecule has 3 aliphatic heterocycles. The maximum Gasteiger partial charge on any atom is 0.187 e. The van der Waals surface area contributed by atoms with Crippen LogP contribution in [-0.2, 0) is 42.6 Å². The first kappa shape index (κ1) is 45.4. The molecule has 7 rings (SSSR count). The molecule has 16 heteroatoms. The molecule has 0 bridgehead atoms. The summed E-state index contributed by atoms with van der Waals surface area (Å²) >= 11 is 0. The Kier molecular flexibility index (Phi) is 12.9. The fourth-order valence-electron chi connectivity index (χ4n) is 13.0. The molecule has 58 heavy (non-hydrogen) atoms. The molecule has 336 valence electrons. The molecule has 3 saturated heterocycles. The summed E-state index contributed by atoms with van der Waals surface area (Å²) in [6, 6.07) is 0. The number of rotatable bonds is 10. The first-order chi connectivity index (χ1) is 27.2. The van der Waals surface area contributed by atoms with Gasteiger partial charge in [0.05, 0.1) is 59.8 Å². The van der Waals surface area contributed by atoms with Crippen LogP contribution >= 0.6 is 0 Å². The largest absolute Gasteiger partial charge is 0.392 e. The third kappa shape index (κ3) is 6.96. The van der Waals surface area contributed by atoms with E-state index < -0.39 is 114 Å². The topological polar surface area (TPSA) is 225 Å². The summed E-state index contributed by atoms with van der Waals surface area (Å²) in [5.74, 6) is -0.233. The van der Waals surface area contributed by atoms with Gasteiger partial charge in [-0.05, 0) is 96.3 Å². The third-order valence-electron chi connectivity index (χ3n) is 16.7. The van der Waals surface area contributed by atoms with Gasteiger partial charge in [-0.2, -0.15) is 0 Å². The van der Waals surface area contributed by atoms with Crippen LogP contribution in [0.1, 0.15) is 106 Å². The molecule has 0 aromatic carbocycles. The Labute approximate surface area is 342 Å². The SMILES string of the molecule is CO[C@H]1[C@H](O)[C@@H](C)OC(O[C@@H]2[C@@H](C)O[C@@H](O[C@H]3[C@@H](OC)C[C@H](OC4CCC5(C)C(CCC6(O)C5CC(O)C5(C)C(O)(C(C)O)CCC65O)C4)O[C@@H]3C)C[C@H]2OC)[C@@H]1O. The van der Waals surface area contributed by atoms with Crippen LogP contribution in [0.4, 0.5) is 0 Å². The van der Waals surface area contributed by atoms with Crippen molar-refractivity contribution < 1.29 is 78.4 Å². The van der Waals surface area contributed by atoms with Gasteiger partial charge < -0.3 is 78.4 Å². The summed E-state index contributed by atoms with van der Waals surface area (Å²) in [4.78, 5) is 0. The Morgan fingerprint density at radius 2 is 1.24 bits per heavy atom. The zero-order valence-corrected chi connectivity index (χ0v) is 35.8. The maximum atomic E-state index is 12.6. The van der Waals surface area contributed by atoms with Crippen molar-refractivity contribution >= 4 is 0 Å². The number of methoxy groups -OCH3 is 3. The van der Waals surface area contributed by atoms with Crippen LogP contribution < -0.4 is 0 Å². The fraction of sp³-hybridized carbons (Fsp3) is 1.00. The molecule has 0 radical (unpaired) electrons. The lowest BCUT2D eigenvalue weighted by molar-refractivity contribution is -0.353. The molecular formula is C42H72O16. The maximum absolute atomic E-state index is 12.6. The standard InChI is InChI=1S/C42H72O16/c1-20-32(45)36(52-9)33(46)37(55-20)58-35-22(3)54-31(18-27(35)51-8)57-34-21(2)53-30(17-26(34)50-7)56-25-11-12-38(5)24(16-25)10-13-41(48)28(38)19-29(44)39(6)40(47,23(4)43)14-15-42(39,41)49/h20-37,43-49H,10-19H2,1-9H3/t20-,21-,22-,23?,24?,25?,26+,27-,28?,29?,30+,31+,32-,33-,34-,35-,36+,37?,38?,39?,40?,41?,42?/m1/s1. The minimum Gasteiger partial charge on any atom is -0.392 e. The predicted molar refractivity (Wildman–Crippen MR) is 204 cm³/mol. The van der Waals surface area contributed by atoms with Crippen molar-refractivity contribution in [2.45, 2.75) is 221 Å².